The number of hydrogen-bond donors (Lipinski definition) is 2. The largest absolute Gasteiger partial charge is 0.494 e. The number of anilines is 3. The predicted molar refractivity (Wildman–Crippen MR) is 79.5 cm³/mol. The Bertz CT molecular complexity index is 529. The van der Waals surface area contributed by atoms with E-state index in [4.69, 9.17) is 4.74 Å². The van der Waals surface area contributed by atoms with E-state index in [0.717, 1.165) is 24.4 Å². The van der Waals surface area contributed by atoms with Gasteiger partial charge in [0.05, 0.1) is 12.8 Å². The van der Waals surface area contributed by atoms with Crippen LogP contribution in [0.15, 0.2) is 30.5 Å². The van der Waals surface area contributed by atoms with E-state index < -0.39 is 0 Å². The fraction of sp³-hybridized carbons (Fsp3) is 0.357. The molecule has 0 aliphatic rings. The number of aromatic nitrogens is 3. The molecule has 2 N–H and O–H groups in total. The van der Waals surface area contributed by atoms with Gasteiger partial charge in [-0.25, -0.2) is 0 Å². The van der Waals surface area contributed by atoms with Crippen LogP contribution in [0.1, 0.15) is 20.3 Å². The molecule has 2 aromatic rings. The van der Waals surface area contributed by atoms with E-state index in [9.17, 15) is 0 Å². The van der Waals surface area contributed by atoms with Crippen LogP contribution < -0.4 is 15.4 Å². The van der Waals surface area contributed by atoms with Crippen molar-refractivity contribution in [1.29, 1.82) is 0 Å². The van der Waals surface area contributed by atoms with Crippen LogP contribution >= 0.6 is 0 Å². The molecule has 0 radical (unpaired) electrons. The molecule has 0 amide bonds. The van der Waals surface area contributed by atoms with Gasteiger partial charge in [-0.1, -0.05) is 6.92 Å². The Labute approximate surface area is 118 Å². The maximum absolute atomic E-state index is 5.40. The highest BCUT2D eigenvalue weighted by atomic mass is 16.5. The predicted octanol–water partition coefficient (Wildman–Crippen LogP) is 2.84. The second kappa shape index (κ2) is 7.28. The molecular weight excluding hydrogens is 254 g/mol. The first kappa shape index (κ1) is 14.0. The van der Waals surface area contributed by atoms with Gasteiger partial charge >= 0.3 is 0 Å². The van der Waals surface area contributed by atoms with Crippen molar-refractivity contribution in [3.05, 3.63) is 30.5 Å². The van der Waals surface area contributed by atoms with Crippen LogP contribution in [0.3, 0.4) is 0 Å². The van der Waals surface area contributed by atoms with Gasteiger partial charge in [-0.05, 0) is 37.6 Å². The number of hydrogen-bond acceptors (Lipinski definition) is 6. The van der Waals surface area contributed by atoms with Crippen molar-refractivity contribution < 1.29 is 4.74 Å². The van der Waals surface area contributed by atoms with E-state index in [1.54, 1.807) is 6.20 Å². The molecule has 1 aromatic heterocycles. The lowest BCUT2D eigenvalue weighted by Crippen LogP contribution is -2.06. The van der Waals surface area contributed by atoms with Gasteiger partial charge in [-0.3, -0.25) is 0 Å². The van der Waals surface area contributed by atoms with E-state index in [1.807, 2.05) is 31.2 Å². The van der Waals surface area contributed by atoms with Crippen LogP contribution in [0.2, 0.25) is 0 Å². The minimum atomic E-state index is 0.530. The van der Waals surface area contributed by atoms with Crippen molar-refractivity contribution in [3.8, 4) is 5.75 Å². The molecule has 20 heavy (non-hydrogen) atoms. The summed E-state index contributed by atoms with van der Waals surface area (Å²) in [6, 6.07) is 7.70. The van der Waals surface area contributed by atoms with Gasteiger partial charge in [0.1, 0.15) is 5.75 Å². The number of benzene rings is 1. The number of nitrogens with one attached hydrogen (secondary N) is 2. The highest BCUT2D eigenvalue weighted by Crippen LogP contribution is 2.18. The SMILES string of the molecule is CCCNc1nncc(Nc2ccc(OCC)cc2)n1. The van der Waals surface area contributed by atoms with E-state index in [1.165, 1.54) is 0 Å². The molecule has 0 atom stereocenters. The van der Waals surface area contributed by atoms with Gasteiger partial charge in [0.2, 0.25) is 5.95 Å². The van der Waals surface area contributed by atoms with E-state index in [2.05, 4.69) is 32.7 Å². The second-order valence-corrected chi connectivity index (χ2v) is 4.17. The van der Waals surface area contributed by atoms with Crippen molar-refractivity contribution in [2.75, 3.05) is 23.8 Å². The number of nitrogens with zero attached hydrogens (tertiary/aromatic N) is 3. The van der Waals surface area contributed by atoms with Crippen molar-refractivity contribution in [3.63, 3.8) is 0 Å². The van der Waals surface area contributed by atoms with Crippen molar-refractivity contribution >= 4 is 17.5 Å². The summed E-state index contributed by atoms with van der Waals surface area (Å²) in [6.45, 7) is 5.54. The zero-order valence-corrected chi connectivity index (χ0v) is 11.8. The minimum absolute atomic E-state index is 0.530. The molecule has 0 saturated carbocycles. The summed E-state index contributed by atoms with van der Waals surface area (Å²) in [4.78, 5) is 4.34. The van der Waals surface area contributed by atoms with Gasteiger partial charge in [0, 0.05) is 12.2 Å². The average molecular weight is 273 g/mol. The van der Waals surface area contributed by atoms with Crippen LogP contribution in [-0.2, 0) is 0 Å². The summed E-state index contributed by atoms with van der Waals surface area (Å²) in [5, 5.41) is 14.1. The molecule has 0 unspecified atom stereocenters. The van der Waals surface area contributed by atoms with Crippen LogP contribution in [0.5, 0.6) is 5.75 Å². The third kappa shape index (κ3) is 4.08. The van der Waals surface area contributed by atoms with Crippen molar-refractivity contribution in [2.45, 2.75) is 20.3 Å². The molecule has 2 rings (SSSR count). The Morgan fingerprint density at radius 1 is 1.15 bits per heavy atom. The standard InChI is InChI=1S/C14H19N5O/c1-3-9-15-14-18-13(10-16-19-14)17-11-5-7-12(8-6-11)20-4-2/h5-8,10H,3-4,9H2,1-2H3,(H2,15,17,18,19). The Morgan fingerprint density at radius 3 is 2.65 bits per heavy atom. The van der Waals surface area contributed by atoms with Gasteiger partial charge in [0.25, 0.3) is 0 Å². The molecule has 6 nitrogen and oxygen atoms in total. The first-order chi connectivity index (χ1) is 9.81. The van der Waals surface area contributed by atoms with Crippen LogP contribution in [0.25, 0.3) is 0 Å². The molecule has 6 heteroatoms. The van der Waals surface area contributed by atoms with Gasteiger partial charge < -0.3 is 15.4 Å². The lowest BCUT2D eigenvalue weighted by Gasteiger charge is -2.08. The van der Waals surface area contributed by atoms with Crippen molar-refractivity contribution in [2.24, 2.45) is 0 Å². The summed E-state index contributed by atoms with van der Waals surface area (Å²) in [6.07, 6.45) is 2.60. The zero-order valence-electron chi connectivity index (χ0n) is 11.8. The molecule has 0 bridgehead atoms. The Kier molecular flexibility index (Phi) is 5.11. The normalized spacial score (nSPS) is 10.1. The molecule has 106 valence electrons. The maximum atomic E-state index is 5.40. The summed E-state index contributed by atoms with van der Waals surface area (Å²) in [7, 11) is 0. The summed E-state index contributed by atoms with van der Waals surface area (Å²) >= 11 is 0. The third-order valence-electron chi connectivity index (χ3n) is 2.53. The topological polar surface area (TPSA) is 72.0 Å². The van der Waals surface area contributed by atoms with E-state index >= 15 is 0 Å². The molecule has 0 fully saturated rings. The molecule has 0 aliphatic carbocycles. The highest BCUT2D eigenvalue weighted by Gasteiger charge is 2.01. The van der Waals surface area contributed by atoms with Crippen LogP contribution in [-0.4, -0.2) is 28.3 Å². The molecule has 1 aromatic carbocycles. The maximum Gasteiger partial charge on any atom is 0.244 e. The highest BCUT2D eigenvalue weighted by molar-refractivity contribution is 5.57. The fourth-order valence-corrected chi connectivity index (χ4v) is 1.62. The molecular formula is C14H19N5O. The second-order valence-electron chi connectivity index (χ2n) is 4.17. The monoisotopic (exact) mass is 273 g/mol. The van der Waals surface area contributed by atoms with Crippen LogP contribution in [0.4, 0.5) is 17.5 Å². The van der Waals surface area contributed by atoms with Gasteiger partial charge in [0.15, 0.2) is 5.82 Å². The lowest BCUT2D eigenvalue weighted by atomic mass is 10.3. The third-order valence-corrected chi connectivity index (χ3v) is 2.53. The minimum Gasteiger partial charge on any atom is -0.494 e. The smallest absolute Gasteiger partial charge is 0.244 e. The molecule has 0 aliphatic heterocycles. The first-order valence-corrected chi connectivity index (χ1v) is 6.75. The van der Waals surface area contributed by atoms with Gasteiger partial charge in [-0.15, -0.1) is 5.10 Å². The van der Waals surface area contributed by atoms with Gasteiger partial charge in [-0.2, -0.15) is 10.1 Å². The molecule has 0 saturated heterocycles. The Morgan fingerprint density at radius 2 is 1.95 bits per heavy atom. The molecule has 1 heterocycles. The molecule has 0 spiro atoms. The summed E-state index contributed by atoms with van der Waals surface area (Å²) in [5.41, 5.74) is 0.926. The fourth-order valence-electron chi connectivity index (χ4n) is 1.62. The van der Waals surface area contributed by atoms with E-state index in [0.29, 0.717) is 18.4 Å². The van der Waals surface area contributed by atoms with Crippen LogP contribution in [0, 0.1) is 0 Å². The summed E-state index contributed by atoms with van der Waals surface area (Å²) < 4.78 is 5.40. The number of ether oxygens (including phenoxy) is 1. The Hall–Kier alpha value is -2.37. The first-order valence-electron chi connectivity index (χ1n) is 6.75. The summed E-state index contributed by atoms with van der Waals surface area (Å²) in [5.74, 6) is 2.04. The number of rotatable bonds is 7. The van der Waals surface area contributed by atoms with E-state index in [-0.39, 0.29) is 0 Å². The quantitative estimate of drug-likeness (QED) is 0.808. The Balaban J connectivity index is 2.01. The average Bonchev–Trinajstić information content (AvgIpc) is 2.48. The lowest BCUT2D eigenvalue weighted by molar-refractivity contribution is 0.340. The van der Waals surface area contributed by atoms with Crippen molar-refractivity contribution in [1.82, 2.24) is 15.2 Å². The zero-order chi connectivity index (χ0) is 14.2.